The van der Waals surface area contributed by atoms with E-state index >= 15 is 0 Å². The summed E-state index contributed by atoms with van der Waals surface area (Å²) in [7, 11) is 0. The van der Waals surface area contributed by atoms with Crippen molar-refractivity contribution in [1.29, 1.82) is 0 Å². The van der Waals surface area contributed by atoms with Crippen LogP contribution in [0.1, 0.15) is 43.7 Å². The quantitative estimate of drug-likeness (QED) is 0.307. The van der Waals surface area contributed by atoms with Gasteiger partial charge in [0, 0.05) is 12.8 Å². The molecular formula is C23H29F3N3O4S2+. The van der Waals surface area contributed by atoms with E-state index in [0.29, 0.717) is 27.4 Å². The van der Waals surface area contributed by atoms with Gasteiger partial charge in [-0.05, 0) is 36.5 Å². The number of aliphatic carboxylic acids is 1. The number of rotatable bonds is 10. The second-order valence-electron chi connectivity index (χ2n) is 8.60. The van der Waals surface area contributed by atoms with Gasteiger partial charge in [-0.15, -0.1) is 11.8 Å². The van der Waals surface area contributed by atoms with E-state index in [4.69, 9.17) is 9.84 Å². The number of alkyl halides is 3. The van der Waals surface area contributed by atoms with Crippen molar-refractivity contribution >= 4 is 40.2 Å². The number of carbonyl (C=O) groups is 2. The number of ether oxygens (including phenoxy) is 1. The third-order valence-electron chi connectivity index (χ3n) is 5.91. The van der Waals surface area contributed by atoms with Crippen LogP contribution in [0, 0.1) is 5.92 Å². The zero-order valence-corrected chi connectivity index (χ0v) is 20.9. The molecule has 1 saturated carbocycles. The lowest BCUT2D eigenvalue weighted by molar-refractivity contribution is -0.844. The molecular weight excluding hydrogens is 503 g/mol. The molecule has 1 aromatic heterocycles. The number of carboxylic acid groups (broad SMARTS) is 1. The van der Waals surface area contributed by atoms with Crippen LogP contribution >= 0.6 is 23.1 Å². The lowest BCUT2D eigenvalue weighted by Gasteiger charge is -2.31. The number of nitrogens with one attached hydrogen (secondary N) is 2. The average molecular weight is 533 g/mol. The van der Waals surface area contributed by atoms with Crippen molar-refractivity contribution in [3.05, 3.63) is 41.6 Å². The Balaban J connectivity index is 1.55. The first-order chi connectivity index (χ1) is 16.6. The minimum Gasteiger partial charge on any atom is -0.481 e. The van der Waals surface area contributed by atoms with Crippen molar-refractivity contribution in [1.82, 2.24) is 4.98 Å². The highest BCUT2D eigenvalue weighted by Gasteiger charge is 2.33. The highest BCUT2D eigenvalue weighted by molar-refractivity contribution is 8.01. The van der Waals surface area contributed by atoms with Gasteiger partial charge in [0.15, 0.2) is 5.13 Å². The maximum atomic E-state index is 13.1. The molecule has 1 aliphatic rings. The number of quaternary nitrogens is 1. The molecule has 0 spiro atoms. The summed E-state index contributed by atoms with van der Waals surface area (Å²) in [6, 6.07) is 4.78. The van der Waals surface area contributed by atoms with E-state index in [2.05, 4.69) is 17.2 Å². The number of hydrogen-bond acceptors (Lipinski definition) is 6. The number of carboxylic acids is 1. The van der Waals surface area contributed by atoms with Crippen molar-refractivity contribution < 1.29 is 37.5 Å². The smallest absolute Gasteiger partial charge is 0.421 e. The van der Waals surface area contributed by atoms with Crippen molar-refractivity contribution in [2.24, 2.45) is 5.92 Å². The maximum Gasteiger partial charge on any atom is 0.421 e. The second kappa shape index (κ2) is 12.7. The van der Waals surface area contributed by atoms with E-state index in [0.717, 1.165) is 54.5 Å². The predicted octanol–water partition coefficient (Wildman–Crippen LogP) is 4.55. The van der Waals surface area contributed by atoms with Gasteiger partial charge in [-0.1, -0.05) is 30.4 Å². The molecule has 0 saturated heterocycles. The highest BCUT2D eigenvalue weighted by Crippen LogP contribution is 2.29. The second-order valence-corrected chi connectivity index (χ2v) is 10.9. The number of benzene rings is 1. The fraction of sp³-hybridized carbons (Fsp3) is 0.522. The molecule has 1 fully saturated rings. The molecule has 2 aromatic rings. The van der Waals surface area contributed by atoms with Crippen LogP contribution in [-0.2, 0) is 22.3 Å². The Hall–Kier alpha value is -2.15. The number of thiazole rings is 1. The van der Waals surface area contributed by atoms with E-state index in [9.17, 15) is 22.8 Å². The van der Waals surface area contributed by atoms with E-state index in [-0.39, 0.29) is 31.0 Å². The van der Waals surface area contributed by atoms with Crippen LogP contribution in [0.15, 0.2) is 34.7 Å². The van der Waals surface area contributed by atoms with Gasteiger partial charge in [0.2, 0.25) is 0 Å². The first kappa shape index (κ1) is 27.4. The van der Waals surface area contributed by atoms with E-state index < -0.39 is 17.7 Å². The summed E-state index contributed by atoms with van der Waals surface area (Å²) < 4.78 is 44.6. The van der Waals surface area contributed by atoms with E-state index in [1.807, 2.05) is 0 Å². The summed E-state index contributed by atoms with van der Waals surface area (Å²) in [4.78, 5) is 28.8. The number of hydrogen-bond donors (Lipinski definition) is 3. The standard InChI is InChI=1S/C23H28F3N3O4S2/c1-15-2-8-18(9-3-15)29(22(32)28-21-27-12-20(35-21)34-14-19(30)31)10-11-33-13-16-4-6-17(7-5-16)23(24,25)26/h4-7,12,15,18H,2-3,8-11,13-14H2,1H3,(H,30,31)(H,27,28,32)/p+1. The zero-order valence-electron chi connectivity index (χ0n) is 19.3. The summed E-state index contributed by atoms with van der Waals surface area (Å²) in [5.74, 6) is -0.379. The number of urea groups is 1. The molecule has 2 amide bonds. The molecule has 0 aliphatic heterocycles. The molecule has 1 heterocycles. The molecule has 3 rings (SSSR count). The van der Waals surface area contributed by atoms with Crippen molar-refractivity contribution in [2.75, 3.05) is 24.2 Å². The number of aromatic nitrogens is 1. The Morgan fingerprint density at radius 3 is 2.54 bits per heavy atom. The van der Waals surface area contributed by atoms with Gasteiger partial charge in [0.25, 0.3) is 0 Å². The first-order valence-electron chi connectivity index (χ1n) is 11.3. The van der Waals surface area contributed by atoms with Gasteiger partial charge in [0.05, 0.1) is 41.0 Å². The van der Waals surface area contributed by atoms with Crippen molar-refractivity contribution in [3.8, 4) is 0 Å². The zero-order chi connectivity index (χ0) is 25.4. The van der Waals surface area contributed by atoms with Gasteiger partial charge in [-0.2, -0.15) is 13.2 Å². The fourth-order valence-electron chi connectivity index (χ4n) is 3.97. The van der Waals surface area contributed by atoms with Crippen LogP contribution < -0.4 is 10.2 Å². The highest BCUT2D eigenvalue weighted by atomic mass is 32.2. The third-order valence-corrected chi connectivity index (χ3v) is 8.00. The average Bonchev–Trinajstić information content (AvgIpc) is 3.25. The molecule has 1 atom stereocenters. The first-order valence-corrected chi connectivity index (χ1v) is 13.1. The molecule has 35 heavy (non-hydrogen) atoms. The summed E-state index contributed by atoms with van der Waals surface area (Å²) in [6.45, 7) is 3.05. The lowest BCUT2D eigenvalue weighted by Crippen LogP contribution is -3.19. The van der Waals surface area contributed by atoms with Crippen molar-refractivity contribution in [2.45, 2.75) is 55.6 Å². The van der Waals surface area contributed by atoms with Crippen molar-refractivity contribution in [3.63, 3.8) is 0 Å². The summed E-state index contributed by atoms with van der Waals surface area (Å²) in [5, 5.41) is 12.1. The minimum absolute atomic E-state index is 0.0799. The van der Waals surface area contributed by atoms with Crippen LogP contribution in [0.5, 0.6) is 0 Å². The maximum absolute atomic E-state index is 13.1. The van der Waals surface area contributed by atoms with Gasteiger partial charge in [0.1, 0.15) is 6.54 Å². The van der Waals surface area contributed by atoms with Crippen LogP contribution in [0.3, 0.4) is 0 Å². The van der Waals surface area contributed by atoms with Gasteiger partial charge in [-0.25, -0.2) is 14.7 Å². The Bertz CT molecular complexity index is 977. The number of anilines is 1. The summed E-state index contributed by atoms with van der Waals surface area (Å²) >= 11 is 2.37. The third kappa shape index (κ3) is 8.78. The van der Waals surface area contributed by atoms with Crippen LogP contribution in [0.4, 0.5) is 23.1 Å². The van der Waals surface area contributed by atoms with E-state index in [1.54, 1.807) is 6.20 Å². The Labute approximate surface area is 210 Å². The number of thioether (sulfide) groups is 1. The Morgan fingerprint density at radius 2 is 1.91 bits per heavy atom. The number of nitrogens with zero attached hydrogens (tertiary/aromatic N) is 1. The lowest BCUT2D eigenvalue weighted by atomic mass is 9.86. The molecule has 0 radical (unpaired) electrons. The van der Waals surface area contributed by atoms with Crippen LogP contribution in [-0.4, -0.2) is 47.0 Å². The number of carbonyl (C=O) groups excluding carboxylic acids is 1. The molecule has 1 unspecified atom stereocenters. The topological polar surface area (TPSA) is 93.0 Å². The van der Waals surface area contributed by atoms with E-state index in [1.165, 1.54) is 23.5 Å². The molecule has 0 bridgehead atoms. The Morgan fingerprint density at radius 1 is 1.23 bits per heavy atom. The Kier molecular flexibility index (Phi) is 9.96. The van der Waals surface area contributed by atoms with Gasteiger partial charge < -0.3 is 9.84 Å². The fourth-order valence-corrected chi connectivity index (χ4v) is 5.56. The minimum atomic E-state index is -4.37. The molecule has 12 heteroatoms. The largest absolute Gasteiger partial charge is 0.481 e. The van der Waals surface area contributed by atoms with Gasteiger partial charge in [-0.3, -0.25) is 10.1 Å². The van der Waals surface area contributed by atoms with Crippen LogP contribution in [0.25, 0.3) is 0 Å². The van der Waals surface area contributed by atoms with Gasteiger partial charge >= 0.3 is 18.2 Å². The molecule has 1 aromatic carbocycles. The normalized spacial score (nSPS) is 19.3. The predicted molar refractivity (Wildman–Crippen MR) is 128 cm³/mol. The molecule has 192 valence electrons. The summed E-state index contributed by atoms with van der Waals surface area (Å²) in [5.41, 5.74) is -0.0727. The van der Waals surface area contributed by atoms with Crippen LogP contribution in [0.2, 0.25) is 0 Å². The summed E-state index contributed by atoms with van der Waals surface area (Å²) in [6.07, 6.45) is 1.09. The molecule has 3 N–H and O–H groups in total. The molecule has 7 nitrogen and oxygen atoms in total. The monoisotopic (exact) mass is 532 g/mol. The number of amides is 2. The molecule has 1 aliphatic carbocycles. The SMILES string of the molecule is CC1CCC([NH+](CCOCc2ccc(C(F)(F)F)cc2)C(=O)Nc2ncc(SCC(=O)O)s2)CC1. The number of halogens is 3.